The van der Waals surface area contributed by atoms with Crippen LogP contribution in [-0.4, -0.2) is 19.8 Å². The topological polar surface area (TPSA) is 44.5 Å². The van der Waals surface area contributed by atoms with E-state index in [1.165, 1.54) is 0 Å². The van der Waals surface area contributed by atoms with Crippen LogP contribution in [0, 0.1) is 0 Å². The summed E-state index contributed by atoms with van der Waals surface area (Å²) in [4.78, 5) is 0. The van der Waals surface area contributed by atoms with Crippen LogP contribution in [-0.2, 0) is 4.74 Å². The molecule has 0 aliphatic rings. The molecule has 0 radical (unpaired) electrons. The third-order valence-corrected chi connectivity index (χ3v) is 2.65. The molecule has 1 atom stereocenters. The van der Waals surface area contributed by atoms with E-state index in [1.54, 1.807) is 0 Å². The normalized spacial score (nSPS) is 12.4. The van der Waals surface area contributed by atoms with E-state index in [4.69, 9.17) is 15.2 Å². The summed E-state index contributed by atoms with van der Waals surface area (Å²) in [7, 11) is 0. The fourth-order valence-corrected chi connectivity index (χ4v) is 1.54. The van der Waals surface area contributed by atoms with Gasteiger partial charge >= 0.3 is 0 Å². The molecule has 0 saturated heterocycles. The maximum Gasteiger partial charge on any atom is 0.119 e. The van der Waals surface area contributed by atoms with Gasteiger partial charge in [0.1, 0.15) is 5.75 Å². The van der Waals surface area contributed by atoms with Gasteiger partial charge in [-0.15, -0.1) is 0 Å². The number of hydrogen-bond donors (Lipinski definition) is 1. The fourth-order valence-electron chi connectivity index (χ4n) is 1.54. The predicted octanol–water partition coefficient (Wildman–Crippen LogP) is 2.90. The van der Waals surface area contributed by atoms with Crippen molar-refractivity contribution in [2.45, 2.75) is 32.7 Å². The lowest BCUT2D eigenvalue weighted by molar-refractivity contribution is 0.131. The van der Waals surface area contributed by atoms with Crippen molar-refractivity contribution >= 4 is 0 Å². The average molecular weight is 237 g/mol. The lowest BCUT2D eigenvalue weighted by atomic mass is 10.1. The Hall–Kier alpha value is -1.06. The van der Waals surface area contributed by atoms with Crippen molar-refractivity contribution in [3.05, 3.63) is 29.8 Å². The molecule has 17 heavy (non-hydrogen) atoms. The molecule has 96 valence electrons. The molecule has 1 aromatic carbocycles. The Kier molecular flexibility index (Phi) is 6.67. The van der Waals surface area contributed by atoms with Gasteiger partial charge in [0.25, 0.3) is 0 Å². The summed E-state index contributed by atoms with van der Waals surface area (Å²) in [6.07, 6.45) is 1.87. The van der Waals surface area contributed by atoms with Crippen molar-refractivity contribution in [2.75, 3.05) is 19.8 Å². The largest absolute Gasteiger partial charge is 0.494 e. The molecule has 0 aliphatic heterocycles. The summed E-state index contributed by atoms with van der Waals surface area (Å²) >= 11 is 0. The van der Waals surface area contributed by atoms with Gasteiger partial charge in [-0.1, -0.05) is 19.1 Å². The summed E-state index contributed by atoms with van der Waals surface area (Å²) in [5, 5.41) is 0. The number of rotatable bonds is 8. The molecule has 0 amide bonds. The summed E-state index contributed by atoms with van der Waals surface area (Å²) < 4.78 is 10.8. The van der Waals surface area contributed by atoms with Crippen LogP contribution < -0.4 is 10.5 Å². The molecule has 1 unspecified atom stereocenters. The van der Waals surface area contributed by atoms with Gasteiger partial charge in [-0.2, -0.15) is 0 Å². The average Bonchev–Trinajstić information content (AvgIpc) is 2.38. The molecule has 0 saturated carbocycles. The van der Waals surface area contributed by atoms with E-state index in [0.29, 0.717) is 6.61 Å². The molecule has 3 nitrogen and oxygen atoms in total. The Bertz CT molecular complexity index is 298. The van der Waals surface area contributed by atoms with Gasteiger partial charge in [0.05, 0.1) is 6.61 Å². The maximum absolute atomic E-state index is 5.94. The van der Waals surface area contributed by atoms with Gasteiger partial charge in [-0.05, 0) is 31.0 Å². The van der Waals surface area contributed by atoms with Gasteiger partial charge in [0.2, 0.25) is 0 Å². The van der Waals surface area contributed by atoms with E-state index in [-0.39, 0.29) is 6.04 Å². The van der Waals surface area contributed by atoms with Crippen LogP contribution in [0.2, 0.25) is 0 Å². The van der Waals surface area contributed by atoms with Crippen LogP contribution in [0.5, 0.6) is 5.75 Å². The monoisotopic (exact) mass is 237 g/mol. The lowest BCUT2D eigenvalue weighted by Gasteiger charge is -2.10. The number of ether oxygens (including phenoxy) is 2. The smallest absolute Gasteiger partial charge is 0.119 e. The maximum atomic E-state index is 5.94. The number of benzene rings is 1. The van der Waals surface area contributed by atoms with E-state index in [2.05, 4.69) is 6.92 Å². The standard InChI is InChI=1S/C14H23NO2/c1-3-14(15)12-6-8-13(9-7-12)17-11-5-10-16-4-2/h6-9,14H,3-5,10-11,15H2,1-2H3. The third kappa shape index (κ3) is 5.20. The Morgan fingerprint density at radius 3 is 2.41 bits per heavy atom. The second kappa shape index (κ2) is 8.09. The Morgan fingerprint density at radius 2 is 1.82 bits per heavy atom. The Balaban J connectivity index is 2.30. The highest BCUT2D eigenvalue weighted by molar-refractivity contribution is 5.28. The summed E-state index contributed by atoms with van der Waals surface area (Å²) in [6, 6.07) is 8.15. The number of nitrogens with two attached hydrogens (primary N) is 1. The SMILES string of the molecule is CCOCCCOc1ccc(C(N)CC)cc1. The molecular weight excluding hydrogens is 214 g/mol. The van der Waals surface area contributed by atoms with Gasteiger partial charge in [0, 0.05) is 25.7 Å². The molecule has 2 N–H and O–H groups in total. The van der Waals surface area contributed by atoms with Gasteiger partial charge < -0.3 is 15.2 Å². The summed E-state index contributed by atoms with van der Waals surface area (Å²) in [5.74, 6) is 0.897. The fraction of sp³-hybridized carbons (Fsp3) is 0.571. The van der Waals surface area contributed by atoms with E-state index < -0.39 is 0 Å². The van der Waals surface area contributed by atoms with Gasteiger partial charge in [-0.3, -0.25) is 0 Å². The van der Waals surface area contributed by atoms with Crippen molar-refractivity contribution in [1.82, 2.24) is 0 Å². The minimum Gasteiger partial charge on any atom is -0.494 e. The first-order valence-corrected chi connectivity index (χ1v) is 6.34. The quantitative estimate of drug-likeness (QED) is 0.707. The second-order valence-corrected chi connectivity index (χ2v) is 3.98. The molecule has 0 fully saturated rings. The molecule has 0 bridgehead atoms. The second-order valence-electron chi connectivity index (χ2n) is 3.98. The van der Waals surface area contributed by atoms with Crippen LogP contribution in [0.1, 0.15) is 38.3 Å². The highest BCUT2D eigenvalue weighted by atomic mass is 16.5. The van der Waals surface area contributed by atoms with Crippen molar-refractivity contribution in [1.29, 1.82) is 0 Å². The van der Waals surface area contributed by atoms with Crippen LogP contribution in [0.25, 0.3) is 0 Å². The minimum absolute atomic E-state index is 0.127. The van der Waals surface area contributed by atoms with Crippen molar-refractivity contribution in [2.24, 2.45) is 5.73 Å². The molecule has 0 aliphatic carbocycles. The predicted molar refractivity (Wildman–Crippen MR) is 70.3 cm³/mol. The minimum atomic E-state index is 0.127. The number of hydrogen-bond acceptors (Lipinski definition) is 3. The van der Waals surface area contributed by atoms with Crippen molar-refractivity contribution in [3.8, 4) is 5.75 Å². The molecule has 0 spiro atoms. The van der Waals surface area contributed by atoms with E-state index >= 15 is 0 Å². The van der Waals surface area contributed by atoms with Crippen LogP contribution >= 0.6 is 0 Å². The van der Waals surface area contributed by atoms with Crippen molar-refractivity contribution < 1.29 is 9.47 Å². The highest BCUT2D eigenvalue weighted by Crippen LogP contribution is 2.18. The molecular formula is C14H23NO2. The van der Waals surface area contributed by atoms with E-state index in [9.17, 15) is 0 Å². The van der Waals surface area contributed by atoms with Crippen LogP contribution in [0.4, 0.5) is 0 Å². The van der Waals surface area contributed by atoms with Crippen LogP contribution in [0.3, 0.4) is 0 Å². The summed E-state index contributed by atoms with van der Waals surface area (Å²) in [6.45, 7) is 6.30. The zero-order chi connectivity index (χ0) is 12.5. The van der Waals surface area contributed by atoms with Crippen LogP contribution in [0.15, 0.2) is 24.3 Å². The molecule has 3 heteroatoms. The molecule has 0 aromatic heterocycles. The van der Waals surface area contributed by atoms with Gasteiger partial charge in [0.15, 0.2) is 0 Å². The Labute approximate surface area is 104 Å². The molecule has 1 rings (SSSR count). The first-order chi connectivity index (χ1) is 8.27. The highest BCUT2D eigenvalue weighted by Gasteiger charge is 2.02. The zero-order valence-electron chi connectivity index (χ0n) is 10.8. The van der Waals surface area contributed by atoms with E-state index in [1.807, 2.05) is 31.2 Å². The zero-order valence-corrected chi connectivity index (χ0v) is 10.8. The molecule has 0 heterocycles. The first kappa shape index (κ1) is 14.0. The Morgan fingerprint density at radius 1 is 1.12 bits per heavy atom. The first-order valence-electron chi connectivity index (χ1n) is 6.34. The van der Waals surface area contributed by atoms with Crippen molar-refractivity contribution in [3.63, 3.8) is 0 Å². The lowest BCUT2D eigenvalue weighted by Crippen LogP contribution is -2.08. The van der Waals surface area contributed by atoms with E-state index in [0.717, 1.165) is 37.4 Å². The van der Waals surface area contributed by atoms with Gasteiger partial charge in [-0.25, -0.2) is 0 Å². The third-order valence-electron chi connectivity index (χ3n) is 2.65. The summed E-state index contributed by atoms with van der Waals surface area (Å²) in [5.41, 5.74) is 7.10. The molecule has 1 aromatic rings.